The van der Waals surface area contributed by atoms with Crippen LogP contribution in [0.15, 0.2) is 56.2 Å². The van der Waals surface area contributed by atoms with Gasteiger partial charge in [0.15, 0.2) is 6.61 Å². The van der Waals surface area contributed by atoms with E-state index in [0.29, 0.717) is 22.6 Å². The summed E-state index contributed by atoms with van der Waals surface area (Å²) in [6.45, 7) is -0.821. The number of hydrogen-bond donors (Lipinski definition) is 0. The van der Waals surface area contributed by atoms with Crippen LogP contribution in [-0.4, -0.2) is 40.1 Å². The molecule has 12 heteroatoms. The first kappa shape index (κ1) is 21.7. The summed E-state index contributed by atoms with van der Waals surface area (Å²) in [5.74, 6) is -0.801. The number of ether oxygens (including phenoxy) is 3. The van der Waals surface area contributed by atoms with E-state index in [1.165, 1.54) is 38.5 Å². The van der Waals surface area contributed by atoms with E-state index in [9.17, 15) is 14.0 Å². The average molecular weight is 456 g/mol. The Morgan fingerprint density at radius 1 is 1.12 bits per heavy atom. The topological polar surface area (TPSA) is 132 Å². The highest BCUT2D eigenvalue weighted by Crippen LogP contribution is 2.31. The summed E-state index contributed by atoms with van der Waals surface area (Å²) in [4.78, 5) is 28.3. The molecule has 4 aromatic rings. The standard InChI is InChI=1S/C21H17FN4O7/c1-29-14-7-8-15(16(9-14)30-2)19-23-17(33-25-19)11-31-18(27)10-26-21(28)32-20(24-26)12-3-5-13(22)6-4-12/h3-9H,10-11H2,1-2H3. The molecule has 0 aliphatic rings. The molecule has 170 valence electrons. The monoisotopic (exact) mass is 456 g/mol. The second kappa shape index (κ2) is 9.34. The molecule has 0 N–H and O–H groups in total. The number of carbonyl (C=O) groups excluding carboxylic acids is 1. The molecule has 0 unspecified atom stereocenters. The van der Waals surface area contributed by atoms with Crippen molar-refractivity contribution in [2.24, 2.45) is 0 Å². The normalized spacial score (nSPS) is 10.8. The van der Waals surface area contributed by atoms with Crippen molar-refractivity contribution in [3.05, 3.63) is 64.7 Å². The molecule has 0 bridgehead atoms. The molecule has 0 fully saturated rings. The molecular weight excluding hydrogens is 439 g/mol. The van der Waals surface area contributed by atoms with Gasteiger partial charge < -0.3 is 23.2 Å². The summed E-state index contributed by atoms with van der Waals surface area (Å²) < 4.78 is 39.5. The van der Waals surface area contributed by atoms with Crippen LogP contribution in [0.3, 0.4) is 0 Å². The Kier molecular flexibility index (Phi) is 6.15. The van der Waals surface area contributed by atoms with E-state index in [-0.39, 0.29) is 24.2 Å². The lowest BCUT2D eigenvalue weighted by atomic mass is 10.2. The van der Waals surface area contributed by atoms with Crippen LogP contribution in [-0.2, 0) is 22.7 Å². The van der Waals surface area contributed by atoms with Crippen LogP contribution < -0.4 is 15.2 Å². The van der Waals surface area contributed by atoms with E-state index in [0.717, 1.165) is 4.68 Å². The van der Waals surface area contributed by atoms with Crippen molar-refractivity contribution in [3.63, 3.8) is 0 Å². The molecule has 0 atom stereocenters. The molecule has 33 heavy (non-hydrogen) atoms. The average Bonchev–Trinajstić information content (AvgIpc) is 3.44. The Balaban J connectivity index is 1.39. The van der Waals surface area contributed by atoms with Gasteiger partial charge in [0.1, 0.15) is 23.9 Å². The van der Waals surface area contributed by atoms with E-state index in [2.05, 4.69) is 15.2 Å². The first-order valence-electron chi connectivity index (χ1n) is 9.51. The first-order chi connectivity index (χ1) is 16.0. The van der Waals surface area contributed by atoms with Crippen LogP contribution >= 0.6 is 0 Å². The lowest BCUT2D eigenvalue weighted by Gasteiger charge is -2.07. The number of methoxy groups -OCH3 is 2. The Labute approximate surface area is 185 Å². The zero-order valence-corrected chi connectivity index (χ0v) is 17.5. The van der Waals surface area contributed by atoms with Gasteiger partial charge in [-0.3, -0.25) is 4.79 Å². The second-order valence-corrected chi connectivity index (χ2v) is 6.58. The van der Waals surface area contributed by atoms with Crippen LogP contribution in [0.5, 0.6) is 11.5 Å². The fourth-order valence-corrected chi connectivity index (χ4v) is 2.83. The van der Waals surface area contributed by atoms with Crippen molar-refractivity contribution in [1.29, 1.82) is 0 Å². The van der Waals surface area contributed by atoms with Crippen LogP contribution in [0, 0.1) is 5.82 Å². The van der Waals surface area contributed by atoms with Crippen LogP contribution in [0.25, 0.3) is 22.8 Å². The summed E-state index contributed by atoms with van der Waals surface area (Å²) in [6.07, 6.45) is 0. The molecule has 2 aromatic heterocycles. The smallest absolute Gasteiger partial charge is 0.437 e. The van der Waals surface area contributed by atoms with E-state index >= 15 is 0 Å². The van der Waals surface area contributed by atoms with Gasteiger partial charge in [0, 0.05) is 11.6 Å². The number of esters is 1. The van der Waals surface area contributed by atoms with Crippen LogP contribution in [0.2, 0.25) is 0 Å². The molecule has 0 aliphatic carbocycles. The lowest BCUT2D eigenvalue weighted by Crippen LogP contribution is -2.23. The van der Waals surface area contributed by atoms with Gasteiger partial charge in [-0.25, -0.2) is 9.18 Å². The minimum Gasteiger partial charge on any atom is -0.497 e. The summed E-state index contributed by atoms with van der Waals surface area (Å²) in [6, 6.07) is 10.3. The molecule has 11 nitrogen and oxygen atoms in total. The highest BCUT2D eigenvalue weighted by atomic mass is 19.1. The van der Waals surface area contributed by atoms with Gasteiger partial charge >= 0.3 is 11.7 Å². The first-order valence-corrected chi connectivity index (χ1v) is 9.51. The molecule has 0 saturated heterocycles. The van der Waals surface area contributed by atoms with Gasteiger partial charge in [-0.05, 0) is 36.4 Å². The Bertz CT molecular complexity index is 1330. The van der Waals surface area contributed by atoms with Crippen molar-refractivity contribution in [1.82, 2.24) is 19.9 Å². The highest BCUT2D eigenvalue weighted by Gasteiger charge is 2.17. The molecule has 0 radical (unpaired) electrons. The van der Waals surface area contributed by atoms with Gasteiger partial charge in [-0.1, -0.05) is 5.16 Å². The minimum absolute atomic E-state index is 0.0377. The molecule has 0 saturated carbocycles. The number of rotatable bonds is 8. The maximum Gasteiger partial charge on any atom is 0.437 e. The molecule has 0 amide bonds. The molecular formula is C21H17FN4O7. The Morgan fingerprint density at radius 3 is 2.64 bits per heavy atom. The number of hydrogen-bond acceptors (Lipinski definition) is 10. The van der Waals surface area contributed by atoms with Crippen molar-refractivity contribution in [2.75, 3.05) is 14.2 Å². The molecule has 4 rings (SSSR count). The Morgan fingerprint density at radius 2 is 1.91 bits per heavy atom. The van der Waals surface area contributed by atoms with Gasteiger partial charge in [0.2, 0.25) is 11.7 Å². The number of benzene rings is 2. The third-order valence-electron chi connectivity index (χ3n) is 4.45. The predicted octanol–water partition coefficient (Wildman–Crippen LogP) is 2.45. The Hall–Kier alpha value is -4.48. The number of carbonyl (C=O) groups is 1. The number of nitrogens with zero attached hydrogens (tertiary/aromatic N) is 4. The molecule has 0 aliphatic heterocycles. The maximum atomic E-state index is 13.0. The van der Waals surface area contributed by atoms with Crippen molar-refractivity contribution in [2.45, 2.75) is 13.2 Å². The van der Waals surface area contributed by atoms with E-state index in [1.54, 1.807) is 18.2 Å². The van der Waals surface area contributed by atoms with E-state index < -0.39 is 24.1 Å². The summed E-state index contributed by atoms with van der Waals surface area (Å²) in [5.41, 5.74) is 0.940. The van der Waals surface area contributed by atoms with Gasteiger partial charge in [0.25, 0.3) is 5.89 Å². The third-order valence-corrected chi connectivity index (χ3v) is 4.45. The minimum atomic E-state index is -0.863. The quantitative estimate of drug-likeness (QED) is 0.364. The van der Waals surface area contributed by atoms with Crippen molar-refractivity contribution >= 4 is 5.97 Å². The van der Waals surface area contributed by atoms with Gasteiger partial charge in [-0.15, -0.1) is 5.10 Å². The fraction of sp³-hybridized carbons (Fsp3) is 0.190. The maximum absolute atomic E-state index is 13.0. The largest absolute Gasteiger partial charge is 0.497 e. The van der Waals surface area contributed by atoms with Crippen LogP contribution in [0.4, 0.5) is 4.39 Å². The van der Waals surface area contributed by atoms with Crippen molar-refractivity contribution in [3.8, 4) is 34.3 Å². The predicted molar refractivity (Wildman–Crippen MR) is 109 cm³/mol. The van der Waals surface area contributed by atoms with Crippen LogP contribution in [0.1, 0.15) is 5.89 Å². The third kappa shape index (κ3) is 4.89. The SMILES string of the molecule is COc1ccc(-c2noc(COC(=O)Cn3nc(-c4ccc(F)cc4)oc3=O)n2)c(OC)c1. The fourth-order valence-electron chi connectivity index (χ4n) is 2.83. The number of aromatic nitrogens is 4. The number of halogens is 1. The summed E-state index contributed by atoms with van der Waals surface area (Å²) in [7, 11) is 3.03. The van der Waals surface area contributed by atoms with Crippen molar-refractivity contribution < 1.29 is 32.3 Å². The molecule has 2 aromatic carbocycles. The lowest BCUT2D eigenvalue weighted by molar-refractivity contribution is -0.146. The summed E-state index contributed by atoms with van der Waals surface area (Å²) >= 11 is 0. The zero-order valence-electron chi connectivity index (χ0n) is 17.5. The molecule has 0 spiro atoms. The zero-order chi connectivity index (χ0) is 23.4. The van der Waals surface area contributed by atoms with E-state index in [4.69, 9.17) is 23.2 Å². The summed E-state index contributed by atoms with van der Waals surface area (Å²) in [5, 5.41) is 7.78. The second-order valence-electron chi connectivity index (χ2n) is 6.58. The van der Waals surface area contributed by atoms with E-state index in [1.807, 2.05) is 0 Å². The van der Waals surface area contributed by atoms with Gasteiger partial charge in [0.05, 0.1) is 19.8 Å². The molecule has 2 heterocycles. The van der Waals surface area contributed by atoms with Gasteiger partial charge in [-0.2, -0.15) is 9.67 Å². The highest BCUT2D eigenvalue weighted by molar-refractivity contribution is 5.69.